The molecule has 0 atom stereocenters. The van der Waals surface area contributed by atoms with E-state index in [4.69, 9.17) is 0 Å². The van der Waals surface area contributed by atoms with Gasteiger partial charge in [0, 0.05) is 0 Å². The second-order valence-corrected chi connectivity index (χ2v) is 8.68. The molecular formula is C17H20I-. The zero-order valence-corrected chi connectivity index (χ0v) is 13.7. The van der Waals surface area contributed by atoms with Gasteiger partial charge in [0.05, 0.1) is 0 Å². The topological polar surface area (TPSA) is 0 Å². The second-order valence-electron chi connectivity index (χ2n) is 5.65. The van der Waals surface area contributed by atoms with Gasteiger partial charge >= 0.3 is 121 Å². The van der Waals surface area contributed by atoms with Crippen molar-refractivity contribution in [2.75, 3.05) is 0 Å². The summed E-state index contributed by atoms with van der Waals surface area (Å²) in [5.41, 5.74) is 3.01. The Morgan fingerprint density at radius 2 is 1.17 bits per heavy atom. The van der Waals surface area contributed by atoms with Crippen LogP contribution in [0.3, 0.4) is 0 Å². The first-order chi connectivity index (χ1) is 8.45. The van der Waals surface area contributed by atoms with Crippen molar-refractivity contribution >= 4 is 0 Å². The fourth-order valence-corrected chi connectivity index (χ4v) is 3.89. The first kappa shape index (κ1) is 13.6. The van der Waals surface area contributed by atoms with E-state index < -0.39 is 0 Å². The number of aryl methyl sites for hydroxylation is 1. The van der Waals surface area contributed by atoms with E-state index in [2.05, 4.69) is 76.2 Å². The third-order valence-electron chi connectivity index (χ3n) is 2.94. The van der Waals surface area contributed by atoms with Crippen molar-refractivity contribution in [2.24, 2.45) is 0 Å². The third kappa shape index (κ3) is 3.58. The predicted molar refractivity (Wildman–Crippen MR) is 73.7 cm³/mol. The summed E-state index contributed by atoms with van der Waals surface area (Å²) >= 11 is -0.0336. The molecule has 0 aliphatic heterocycles. The van der Waals surface area contributed by atoms with Crippen LogP contribution in [0.4, 0.5) is 0 Å². The minimum atomic E-state index is -0.0336. The van der Waals surface area contributed by atoms with Crippen molar-refractivity contribution in [1.82, 2.24) is 0 Å². The van der Waals surface area contributed by atoms with Crippen LogP contribution in [0.2, 0.25) is 0 Å². The summed E-state index contributed by atoms with van der Waals surface area (Å²) in [7, 11) is 0. The number of rotatable bonds is 2. The van der Waals surface area contributed by atoms with Crippen LogP contribution in [0.1, 0.15) is 31.9 Å². The average Bonchev–Trinajstić information content (AvgIpc) is 2.32. The van der Waals surface area contributed by atoms with Gasteiger partial charge in [-0.15, -0.1) is 0 Å². The zero-order valence-electron chi connectivity index (χ0n) is 11.5. The molecule has 2 rings (SSSR count). The molecule has 0 aromatic heterocycles. The van der Waals surface area contributed by atoms with Crippen LogP contribution in [0.15, 0.2) is 48.5 Å². The van der Waals surface area contributed by atoms with E-state index in [9.17, 15) is 0 Å². The van der Waals surface area contributed by atoms with Gasteiger partial charge in [-0.3, -0.25) is 0 Å². The van der Waals surface area contributed by atoms with Crippen LogP contribution < -0.4 is 21.2 Å². The molecule has 0 aliphatic rings. The first-order valence-corrected chi connectivity index (χ1v) is 8.43. The van der Waals surface area contributed by atoms with E-state index in [1.165, 1.54) is 18.3 Å². The molecule has 0 spiro atoms. The van der Waals surface area contributed by atoms with Crippen molar-refractivity contribution in [2.45, 2.75) is 33.1 Å². The average molecular weight is 351 g/mol. The van der Waals surface area contributed by atoms with Gasteiger partial charge in [0.2, 0.25) is 0 Å². The summed E-state index contributed by atoms with van der Waals surface area (Å²) in [5, 5.41) is 0. The number of hydrogen-bond acceptors (Lipinski definition) is 0. The van der Waals surface area contributed by atoms with Crippen LogP contribution in [0.25, 0.3) is 0 Å². The number of halogens is 1. The molecule has 0 heterocycles. The molecular weight excluding hydrogens is 331 g/mol. The summed E-state index contributed by atoms with van der Waals surface area (Å²) in [4.78, 5) is 0. The quantitative estimate of drug-likeness (QED) is 0.718. The zero-order chi connectivity index (χ0) is 13.2. The molecule has 0 fully saturated rings. The Hall–Kier alpha value is -0.830. The Labute approximate surface area is 121 Å². The molecule has 18 heavy (non-hydrogen) atoms. The van der Waals surface area contributed by atoms with Crippen molar-refractivity contribution in [3.8, 4) is 0 Å². The van der Waals surface area contributed by atoms with Crippen molar-refractivity contribution in [1.29, 1.82) is 0 Å². The molecule has 0 amide bonds. The summed E-state index contributed by atoms with van der Waals surface area (Å²) in [6.07, 6.45) is 0. The summed E-state index contributed by atoms with van der Waals surface area (Å²) in [6, 6.07) is 18.1. The molecule has 2 aromatic carbocycles. The Kier molecular flexibility index (Phi) is 4.10. The molecule has 0 saturated carbocycles. The van der Waals surface area contributed by atoms with E-state index in [0.717, 1.165) is 0 Å². The van der Waals surface area contributed by atoms with Crippen molar-refractivity contribution in [3.05, 3.63) is 66.8 Å². The Morgan fingerprint density at radius 3 is 1.61 bits per heavy atom. The van der Waals surface area contributed by atoms with Gasteiger partial charge in [0.15, 0.2) is 0 Å². The van der Waals surface area contributed by atoms with Gasteiger partial charge in [-0.05, 0) is 0 Å². The fourth-order valence-electron chi connectivity index (χ4n) is 1.74. The van der Waals surface area contributed by atoms with Crippen LogP contribution >= 0.6 is 0 Å². The molecule has 0 saturated heterocycles. The van der Waals surface area contributed by atoms with Gasteiger partial charge in [0.25, 0.3) is 0 Å². The fraction of sp³-hybridized carbons (Fsp3) is 0.294. The number of benzene rings is 2. The van der Waals surface area contributed by atoms with Gasteiger partial charge in [-0.25, -0.2) is 0 Å². The molecule has 2 aromatic rings. The van der Waals surface area contributed by atoms with Crippen LogP contribution in [0.5, 0.6) is 0 Å². The summed E-state index contributed by atoms with van der Waals surface area (Å²) in [5.74, 6) is 0. The Balaban J connectivity index is 2.13. The number of hydrogen-bond donors (Lipinski definition) is 0. The maximum atomic E-state index is 2.30. The first-order valence-electron chi connectivity index (χ1n) is 6.27. The normalized spacial score (nSPS) is 11.8. The Bertz CT molecular complexity index is 501. The standard InChI is InChI=1S/C17H20I/c1-13-5-9-15(10-6-13)18-16-11-7-14(8-12-16)17(2,3)4/h5-12H,1-4H3/q-1. The molecule has 0 radical (unpaired) electrons. The maximum absolute atomic E-state index is 2.30. The predicted octanol–water partition coefficient (Wildman–Crippen LogP) is 1.42. The van der Waals surface area contributed by atoms with Gasteiger partial charge in [0.1, 0.15) is 0 Å². The Morgan fingerprint density at radius 1 is 0.722 bits per heavy atom. The molecule has 0 unspecified atom stereocenters. The van der Waals surface area contributed by atoms with Gasteiger partial charge < -0.3 is 0 Å². The second kappa shape index (κ2) is 5.43. The molecule has 0 N–H and O–H groups in total. The van der Waals surface area contributed by atoms with Crippen molar-refractivity contribution in [3.63, 3.8) is 0 Å². The third-order valence-corrected chi connectivity index (χ3v) is 5.62. The van der Waals surface area contributed by atoms with E-state index >= 15 is 0 Å². The van der Waals surface area contributed by atoms with Crippen LogP contribution in [-0.4, -0.2) is 0 Å². The molecule has 1 heteroatoms. The summed E-state index contributed by atoms with van der Waals surface area (Å²) < 4.78 is 2.98. The van der Waals surface area contributed by atoms with E-state index in [1.807, 2.05) is 0 Å². The van der Waals surface area contributed by atoms with Gasteiger partial charge in [-0.1, -0.05) is 0 Å². The molecule has 0 nitrogen and oxygen atoms in total. The molecule has 0 aliphatic carbocycles. The van der Waals surface area contributed by atoms with Crippen LogP contribution in [-0.2, 0) is 5.41 Å². The molecule has 0 bridgehead atoms. The van der Waals surface area contributed by atoms with E-state index in [0.29, 0.717) is 0 Å². The monoisotopic (exact) mass is 351 g/mol. The van der Waals surface area contributed by atoms with Crippen molar-refractivity contribution < 1.29 is 21.2 Å². The summed E-state index contributed by atoms with van der Waals surface area (Å²) in [6.45, 7) is 8.92. The molecule has 96 valence electrons. The SMILES string of the molecule is Cc1ccc([I-]c2ccc(C(C)(C)C)cc2)cc1. The minimum absolute atomic E-state index is 0.0336. The van der Waals surface area contributed by atoms with Gasteiger partial charge in [-0.2, -0.15) is 0 Å². The van der Waals surface area contributed by atoms with E-state index in [1.54, 1.807) is 0 Å². The van der Waals surface area contributed by atoms with Crippen LogP contribution in [0, 0.1) is 14.1 Å². The van der Waals surface area contributed by atoms with E-state index in [-0.39, 0.29) is 26.6 Å².